The lowest BCUT2D eigenvalue weighted by Gasteiger charge is -2.33. The molecule has 0 aliphatic carbocycles. The summed E-state index contributed by atoms with van der Waals surface area (Å²) in [6.45, 7) is 4.79. The van der Waals surface area contributed by atoms with Crippen molar-refractivity contribution in [1.82, 2.24) is 10.6 Å². The van der Waals surface area contributed by atoms with Gasteiger partial charge in [0.1, 0.15) is 5.54 Å². The van der Waals surface area contributed by atoms with Crippen LogP contribution in [0.3, 0.4) is 0 Å². The summed E-state index contributed by atoms with van der Waals surface area (Å²) in [6, 6.07) is -0.441. The van der Waals surface area contributed by atoms with E-state index in [0.29, 0.717) is 32.6 Å². The molecule has 0 unspecified atom stereocenters. The lowest BCUT2D eigenvalue weighted by atomic mass is 9.90. The van der Waals surface area contributed by atoms with Crippen molar-refractivity contribution in [3.8, 4) is 0 Å². The Labute approximate surface area is 106 Å². The lowest BCUT2D eigenvalue weighted by Crippen LogP contribution is -2.59. The molecule has 1 aliphatic heterocycles. The molecular weight excluding hydrogens is 236 g/mol. The maximum Gasteiger partial charge on any atom is 0.329 e. The molecule has 1 fully saturated rings. The summed E-state index contributed by atoms with van der Waals surface area (Å²) in [6.07, 6.45) is 3.97. The highest BCUT2D eigenvalue weighted by Gasteiger charge is 2.41. The number of hydrogen-bond donors (Lipinski definition) is 3. The van der Waals surface area contributed by atoms with Crippen molar-refractivity contribution in [3.63, 3.8) is 0 Å². The summed E-state index contributed by atoms with van der Waals surface area (Å²) in [7, 11) is 0. The van der Waals surface area contributed by atoms with Gasteiger partial charge in [-0.2, -0.15) is 0 Å². The molecule has 0 saturated carbocycles. The van der Waals surface area contributed by atoms with Crippen molar-refractivity contribution in [2.75, 3.05) is 19.8 Å². The molecule has 6 heteroatoms. The molecule has 0 spiro atoms. The minimum absolute atomic E-state index is 0.294. The Morgan fingerprint density at radius 1 is 1.39 bits per heavy atom. The summed E-state index contributed by atoms with van der Waals surface area (Å²) in [5.41, 5.74) is -1.19. The van der Waals surface area contributed by atoms with Crippen molar-refractivity contribution in [1.29, 1.82) is 0 Å². The van der Waals surface area contributed by atoms with Crippen LogP contribution in [0, 0.1) is 0 Å². The molecule has 18 heavy (non-hydrogen) atoms. The van der Waals surface area contributed by atoms with Gasteiger partial charge < -0.3 is 20.5 Å². The Hall–Kier alpha value is -1.56. The Morgan fingerprint density at radius 2 is 2.06 bits per heavy atom. The number of hydrogen-bond acceptors (Lipinski definition) is 3. The van der Waals surface area contributed by atoms with Crippen molar-refractivity contribution in [3.05, 3.63) is 12.7 Å². The van der Waals surface area contributed by atoms with E-state index >= 15 is 0 Å². The van der Waals surface area contributed by atoms with Gasteiger partial charge in [-0.25, -0.2) is 9.59 Å². The van der Waals surface area contributed by atoms with Gasteiger partial charge in [-0.3, -0.25) is 0 Å². The number of ether oxygens (including phenoxy) is 1. The molecule has 102 valence electrons. The largest absolute Gasteiger partial charge is 0.480 e. The third kappa shape index (κ3) is 4.03. The highest BCUT2D eigenvalue weighted by molar-refractivity contribution is 5.86. The predicted molar refractivity (Wildman–Crippen MR) is 66.4 cm³/mol. The molecule has 0 atom stereocenters. The van der Waals surface area contributed by atoms with E-state index in [4.69, 9.17) is 4.74 Å². The lowest BCUT2D eigenvalue weighted by molar-refractivity contribution is -0.148. The Morgan fingerprint density at radius 3 is 2.61 bits per heavy atom. The number of amides is 2. The second-order valence-corrected chi connectivity index (χ2v) is 4.31. The van der Waals surface area contributed by atoms with Crippen LogP contribution in [-0.2, 0) is 9.53 Å². The number of rotatable bonds is 6. The number of carbonyl (C=O) groups excluding carboxylic acids is 1. The van der Waals surface area contributed by atoms with E-state index in [1.807, 2.05) is 0 Å². The fourth-order valence-corrected chi connectivity index (χ4v) is 1.82. The number of allylic oxidation sites excluding steroid dienone is 1. The summed E-state index contributed by atoms with van der Waals surface area (Å²) in [4.78, 5) is 22.9. The molecule has 1 heterocycles. The monoisotopic (exact) mass is 256 g/mol. The minimum Gasteiger partial charge on any atom is -0.480 e. The fraction of sp³-hybridized carbons (Fsp3) is 0.667. The third-order valence-electron chi connectivity index (χ3n) is 2.98. The molecule has 1 aliphatic rings. The average molecular weight is 256 g/mol. The SMILES string of the molecule is C=CCCCNC(=O)NC1(C(=O)O)CCOCC1. The Balaban J connectivity index is 2.43. The molecule has 3 N–H and O–H groups in total. The van der Waals surface area contributed by atoms with Crippen LogP contribution < -0.4 is 10.6 Å². The van der Waals surface area contributed by atoms with Gasteiger partial charge in [0, 0.05) is 32.6 Å². The molecule has 6 nitrogen and oxygen atoms in total. The highest BCUT2D eigenvalue weighted by atomic mass is 16.5. The van der Waals surface area contributed by atoms with Gasteiger partial charge in [0.25, 0.3) is 0 Å². The van der Waals surface area contributed by atoms with E-state index < -0.39 is 17.5 Å². The van der Waals surface area contributed by atoms with E-state index in [2.05, 4.69) is 17.2 Å². The maximum absolute atomic E-state index is 11.6. The van der Waals surface area contributed by atoms with E-state index in [9.17, 15) is 14.7 Å². The van der Waals surface area contributed by atoms with Gasteiger partial charge in [-0.15, -0.1) is 6.58 Å². The highest BCUT2D eigenvalue weighted by Crippen LogP contribution is 2.20. The van der Waals surface area contributed by atoms with Crippen LogP contribution in [-0.4, -0.2) is 42.4 Å². The van der Waals surface area contributed by atoms with E-state index in [-0.39, 0.29) is 0 Å². The number of carboxylic acid groups (broad SMARTS) is 1. The second kappa shape index (κ2) is 7.00. The van der Waals surface area contributed by atoms with Crippen LogP contribution >= 0.6 is 0 Å². The van der Waals surface area contributed by atoms with Gasteiger partial charge in [0.15, 0.2) is 0 Å². The first-order valence-corrected chi connectivity index (χ1v) is 6.09. The van der Waals surface area contributed by atoms with Crippen LogP contribution in [0.2, 0.25) is 0 Å². The fourth-order valence-electron chi connectivity index (χ4n) is 1.82. The predicted octanol–water partition coefficient (Wildman–Crippen LogP) is 0.886. The van der Waals surface area contributed by atoms with E-state index in [1.54, 1.807) is 6.08 Å². The molecule has 1 rings (SSSR count). The standard InChI is InChI=1S/C12H20N2O4/c1-2-3-4-7-13-11(17)14-12(10(15)16)5-8-18-9-6-12/h2H,1,3-9H2,(H,15,16)(H2,13,14,17). The number of aliphatic carboxylic acids is 1. The average Bonchev–Trinajstić information content (AvgIpc) is 2.35. The number of unbranched alkanes of at least 4 members (excludes halogenated alkanes) is 1. The molecule has 1 saturated heterocycles. The Bertz CT molecular complexity index is 311. The molecule has 2 amide bonds. The summed E-state index contributed by atoms with van der Waals surface area (Å²) in [5.74, 6) is -1.01. The zero-order valence-corrected chi connectivity index (χ0v) is 10.4. The van der Waals surface area contributed by atoms with Crippen molar-refractivity contribution >= 4 is 12.0 Å². The molecule has 0 radical (unpaired) electrons. The summed E-state index contributed by atoms with van der Waals surface area (Å²) in [5, 5.41) is 14.4. The first kappa shape index (κ1) is 14.5. The summed E-state index contributed by atoms with van der Waals surface area (Å²) >= 11 is 0. The van der Waals surface area contributed by atoms with E-state index in [1.165, 1.54) is 0 Å². The number of urea groups is 1. The zero-order valence-electron chi connectivity index (χ0n) is 10.4. The van der Waals surface area contributed by atoms with Crippen LogP contribution in [0.5, 0.6) is 0 Å². The van der Waals surface area contributed by atoms with Crippen molar-refractivity contribution in [2.24, 2.45) is 0 Å². The van der Waals surface area contributed by atoms with Crippen LogP contribution in [0.1, 0.15) is 25.7 Å². The number of carboxylic acids is 1. The minimum atomic E-state index is -1.19. The second-order valence-electron chi connectivity index (χ2n) is 4.31. The molecule has 0 aromatic carbocycles. The van der Waals surface area contributed by atoms with Gasteiger partial charge in [-0.1, -0.05) is 6.08 Å². The molecule has 0 aromatic rings. The van der Waals surface area contributed by atoms with Crippen molar-refractivity contribution in [2.45, 2.75) is 31.2 Å². The molecular formula is C12H20N2O4. The third-order valence-corrected chi connectivity index (χ3v) is 2.98. The number of nitrogens with one attached hydrogen (secondary N) is 2. The quantitative estimate of drug-likeness (QED) is 0.486. The van der Waals surface area contributed by atoms with Gasteiger partial charge >= 0.3 is 12.0 Å². The maximum atomic E-state index is 11.6. The molecule has 0 bridgehead atoms. The van der Waals surface area contributed by atoms with Crippen LogP contribution in [0.15, 0.2) is 12.7 Å². The van der Waals surface area contributed by atoms with Gasteiger partial charge in [-0.05, 0) is 12.8 Å². The van der Waals surface area contributed by atoms with E-state index in [0.717, 1.165) is 12.8 Å². The first-order chi connectivity index (χ1) is 8.60. The van der Waals surface area contributed by atoms with Crippen LogP contribution in [0.25, 0.3) is 0 Å². The van der Waals surface area contributed by atoms with Gasteiger partial charge in [0.2, 0.25) is 0 Å². The topological polar surface area (TPSA) is 87.7 Å². The van der Waals surface area contributed by atoms with Gasteiger partial charge in [0.05, 0.1) is 0 Å². The zero-order chi connectivity index (χ0) is 13.4. The summed E-state index contributed by atoms with van der Waals surface area (Å²) < 4.78 is 5.12. The van der Waals surface area contributed by atoms with Crippen LogP contribution in [0.4, 0.5) is 4.79 Å². The van der Waals surface area contributed by atoms with Crippen molar-refractivity contribution < 1.29 is 19.4 Å². The normalized spacial score (nSPS) is 17.8. The molecule has 0 aromatic heterocycles. The smallest absolute Gasteiger partial charge is 0.329 e. The Kier molecular flexibility index (Phi) is 5.64. The first-order valence-electron chi connectivity index (χ1n) is 6.09. The number of carbonyl (C=O) groups is 2.